The minimum absolute atomic E-state index is 0.153. The van der Waals surface area contributed by atoms with E-state index >= 15 is 0 Å². The summed E-state index contributed by atoms with van der Waals surface area (Å²) in [6.07, 6.45) is 3.59. The van der Waals surface area contributed by atoms with Gasteiger partial charge in [-0.2, -0.15) is 0 Å². The summed E-state index contributed by atoms with van der Waals surface area (Å²) < 4.78 is 0. The van der Waals surface area contributed by atoms with Crippen molar-refractivity contribution in [2.24, 2.45) is 35.0 Å². The molecule has 2 heterocycles. The molecule has 2 aliphatic heterocycles. The molecule has 0 radical (unpaired) electrons. The van der Waals surface area contributed by atoms with Gasteiger partial charge >= 0.3 is 0 Å². The first-order valence-corrected chi connectivity index (χ1v) is 9.17. The SMILES string of the molecule is CC1=C2CCCCC23C2C(=O)N(C)C(=O)C2C1C1C(=O)N(C)C(=O)C13. The van der Waals surface area contributed by atoms with Crippen LogP contribution in [-0.2, 0) is 19.2 Å². The molecular weight excluding hydrogens is 320 g/mol. The first-order chi connectivity index (χ1) is 11.8. The van der Waals surface area contributed by atoms with Gasteiger partial charge in [-0.15, -0.1) is 0 Å². The first kappa shape index (κ1) is 15.3. The second kappa shape index (κ2) is 4.40. The van der Waals surface area contributed by atoms with Crippen LogP contribution >= 0.6 is 0 Å². The van der Waals surface area contributed by atoms with E-state index in [9.17, 15) is 19.2 Å². The highest BCUT2D eigenvalue weighted by molar-refractivity contribution is 6.11. The average molecular weight is 342 g/mol. The number of imide groups is 2. The van der Waals surface area contributed by atoms with Gasteiger partial charge in [-0.3, -0.25) is 29.0 Å². The zero-order chi connectivity index (χ0) is 17.8. The quantitative estimate of drug-likeness (QED) is 0.486. The number of rotatable bonds is 0. The van der Waals surface area contributed by atoms with Crippen molar-refractivity contribution in [1.82, 2.24) is 9.80 Å². The molecule has 25 heavy (non-hydrogen) atoms. The number of likely N-dealkylation sites (tertiary alicyclic amines) is 2. The molecule has 6 aliphatic rings. The number of carbonyl (C=O) groups excluding carboxylic acids is 4. The molecule has 4 amide bonds. The van der Waals surface area contributed by atoms with Crippen molar-refractivity contribution in [3.8, 4) is 0 Å². The third kappa shape index (κ3) is 1.38. The highest BCUT2D eigenvalue weighted by atomic mass is 16.2. The number of amides is 4. The normalized spacial score (nSPS) is 45.3. The van der Waals surface area contributed by atoms with Gasteiger partial charge in [0.25, 0.3) is 0 Å². The van der Waals surface area contributed by atoms with Gasteiger partial charge in [0.05, 0.1) is 23.7 Å². The summed E-state index contributed by atoms with van der Waals surface area (Å²) in [4.78, 5) is 54.3. The van der Waals surface area contributed by atoms with E-state index in [1.165, 1.54) is 15.4 Å². The highest BCUT2D eigenvalue weighted by Gasteiger charge is 2.76. The molecule has 132 valence electrons. The summed E-state index contributed by atoms with van der Waals surface area (Å²) in [6, 6.07) is 0. The van der Waals surface area contributed by atoms with E-state index in [1.54, 1.807) is 14.1 Å². The lowest BCUT2D eigenvalue weighted by molar-refractivity contribution is -0.152. The van der Waals surface area contributed by atoms with Crippen LogP contribution in [-0.4, -0.2) is 47.5 Å². The van der Waals surface area contributed by atoms with Crippen LogP contribution in [0.4, 0.5) is 0 Å². The lowest BCUT2D eigenvalue weighted by Crippen LogP contribution is -2.61. The lowest BCUT2D eigenvalue weighted by Gasteiger charge is -2.60. The van der Waals surface area contributed by atoms with Crippen molar-refractivity contribution in [3.63, 3.8) is 0 Å². The molecule has 0 aromatic rings. The predicted octanol–water partition coefficient (Wildman–Crippen LogP) is 0.969. The molecule has 6 nitrogen and oxygen atoms in total. The Labute approximate surface area is 146 Å². The minimum Gasteiger partial charge on any atom is -0.285 e. The fourth-order valence-electron chi connectivity index (χ4n) is 6.99. The Morgan fingerprint density at radius 1 is 0.800 bits per heavy atom. The molecule has 4 atom stereocenters. The highest BCUT2D eigenvalue weighted by Crippen LogP contribution is 2.71. The molecule has 6 rings (SSSR count). The van der Waals surface area contributed by atoms with Crippen LogP contribution in [0.1, 0.15) is 32.6 Å². The monoisotopic (exact) mass is 342 g/mol. The summed E-state index contributed by atoms with van der Waals surface area (Å²) >= 11 is 0. The molecule has 6 heteroatoms. The van der Waals surface area contributed by atoms with Gasteiger partial charge in [0, 0.05) is 25.4 Å². The van der Waals surface area contributed by atoms with Gasteiger partial charge in [0.2, 0.25) is 23.6 Å². The maximum absolute atomic E-state index is 13.0. The van der Waals surface area contributed by atoms with Crippen LogP contribution < -0.4 is 0 Å². The Bertz CT molecular complexity index is 751. The fraction of sp³-hybridized carbons (Fsp3) is 0.684. The predicted molar refractivity (Wildman–Crippen MR) is 86.6 cm³/mol. The fourth-order valence-corrected chi connectivity index (χ4v) is 6.99. The van der Waals surface area contributed by atoms with Gasteiger partial charge in [-0.05, 0) is 26.2 Å². The van der Waals surface area contributed by atoms with E-state index in [1.807, 2.05) is 6.92 Å². The summed E-state index contributed by atoms with van der Waals surface area (Å²) in [5.41, 5.74) is 1.69. The smallest absolute Gasteiger partial charge is 0.233 e. The van der Waals surface area contributed by atoms with Crippen LogP contribution in [0.15, 0.2) is 11.1 Å². The van der Waals surface area contributed by atoms with Gasteiger partial charge < -0.3 is 0 Å². The topological polar surface area (TPSA) is 74.8 Å². The van der Waals surface area contributed by atoms with Gasteiger partial charge in [-0.1, -0.05) is 17.6 Å². The zero-order valence-electron chi connectivity index (χ0n) is 14.7. The Morgan fingerprint density at radius 2 is 1.32 bits per heavy atom. The molecule has 2 bridgehead atoms. The molecule has 4 fully saturated rings. The minimum atomic E-state index is -0.624. The number of hydrogen-bond donors (Lipinski definition) is 0. The van der Waals surface area contributed by atoms with Crippen molar-refractivity contribution in [2.75, 3.05) is 14.1 Å². The van der Waals surface area contributed by atoms with E-state index in [-0.39, 0.29) is 29.5 Å². The molecule has 2 saturated carbocycles. The standard InChI is InChI=1S/C19H22N2O4/c1-8-9-6-4-5-7-19(9)13-11(15(22)20(2)17(13)24)10(8)12-14(19)18(25)21(3)16(12)23/h10-14H,4-7H2,1-3H3. The van der Waals surface area contributed by atoms with Crippen molar-refractivity contribution >= 4 is 23.6 Å². The maximum atomic E-state index is 13.0. The number of nitrogens with zero attached hydrogens (tertiary/aromatic N) is 2. The molecule has 1 spiro atoms. The number of allylic oxidation sites excluding steroid dienone is 2. The molecule has 0 aromatic heterocycles. The van der Waals surface area contributed by atoms with E-state index in [2.05, 4.69) is 0 Å². The summed E-state index contributed by atoms with van der Waals surface area (Å²) in [5, 5.41) is 0. The average Bonchev–Trinajstić information content (AvgIpc) is 2.98. The molecule has 4 aliphatic carbocycles. The van der Waals surface area contributed by atoms with Crippen LogP contribution in [0, 0.1) is 35.0 Å². The van der Waals surface area contributed by atoms with E-state index in [0.29, 0.717) is 0 Å². The first-order valence-electron chi connectivity index (χ1n) is 9.17. The number of carbonyl (C=O) groups is 4. The second-order valence-electron chi connectivity index (χ2n) is 8.41. The Hall–Kier alpha value is -1.98. The Morgan fingerprint density at radius 3 is 1.84 bits per heavy atom. The zero-order valence-corrected chi connectivity index (χ0v) is 14.7. The summed E-state index contributed by atoms with van der Waals surface area (Å²) in [5.74, 6) is -2.80. The summed E-state index contributed by atoms with van der Waals surface area (Å²) in [6.45, 7) is 2.03. The Kier molecular flexibility index (Phi) is 2.69. The molecule has 4 unspecified atom stereocenters. The third-order valence-electron chi connectivity index (χ3n) is 7.83. The third-order valence-corrected chi connectivity index (χ3v) is 7.83. The molecular formula is C19H22N2O4. The van der Waals surface area contributed by atoms with Crippen LogP contribution in [0.3, 0.4) is 0 Å². The van der Waals surface area contributed by atoms with Crippen LogP contribution in [0.2, 0.25) is 0 Å². The van der Waals surface area contributed by atoms with Gasteiger partial charge in [-0.25, -0.2) is 0 Å². The largest absolute Gasteiger partial charge is 0.285 e. The number of hydrogen-bond acceptors (Lipinski definition) is 4. The van der Waals surface area contributed by atoms with Gasteiger partial charge in [0.15, 0.2) is 0 Å². The van der Waals surface area contributed by atoms with Crippen LogP contribution in [0.25, 0.3) is 0 Å². The molecule has 0 aromatic carbocycles. The lowest BCUT2D eigenvalue weighted by atomic mass is 9.40. The van der Waals surface area contributed by atoms with Crippen molar-refractivity contribution < 1.29 is 19.2 Å². The maximum Gasteiger partial charge on any atom is 0.233 e. The van der Waals surface area contributed by atoms with Crippen molar-refractivity contribution in [3.05, 3.63) is 11.1 Å². The molecule has 0 N–H and O–H groups in total. The summed E-state index contributed by atoms with van der Waals surface area (Å²) in [7, 11) is 3.09. The second-order valence-corrected chi connectivity index (χ2v) is 8.41. The van der Waals surface area contributed by atoms with Crippen molar-refractivity contribution in [1.29, 1.82) is 0 Å². The van der Waals surface area contributed by atoms with Crippen LogP contribution in [0.5, 0.6) is 0 Å². The van der Waals surface area contributed by atoms with E-state index in [0.717, 1.165) is 31.3 Å². The van der Waals surface area contributed by atoms with E-state index < -0.39 is 29.1 Å². The van der Waals surface area contributed by atoms with Crippen molar-refractivity contribution in [2.45, 2.75) is 32.6 Å². The van der Waals surface area contributed by atoms with E-state index in [4.69, 9.17) is 0 Å². The Balaban J connectivity index is 1.83. The molecule has 2 saturated heterocycles. The van der Waals surface area contributed by atoms with Gasteiger partial charge in [0.1, 0.15) is 0 Å².